The molecule has 4 heteroatoms. The molecular weight excluding hydrogens is 345 g/mol. The Morgan fingerprint density at radius 3 is 2.42 bits per heavy atom. The Balaban J connectivity index is 2.14. The Morgan fingerprint density at radius 1 is 1.00 bits per heavy atom. The number of nitrogens with one attached hydrogen (secondary N) is 1. The Labute approximate surface area is 132 Å². The van der Waals surface area contributed by atoms with Gasteiger partial charge in [0.15, 0.2) is 0 Å². The van der Waals surface area contributed by atoms with Crippen LogP contribution in [0.2, 0.25) is 10.0 Å². The molecule has 0 fully saturated rings. The molecule has 0 aliphatic rings. The van der Waals surface area contributed by atoms with Crippen molar-refractivity contribution >= 4 is 44.8 Å². The lowest BCUT2D eigenvalue weighted by molar-refractivity contribution is 1.14. The zero-order chi connectivity index (χ0) is 14.0. The second-order valence-corrected chi connectivity index (χ2v) is 6.19. The first-order chi connectivity index (χ1) is 8.97. The number of aryl methyl sites for hydroxylation is 2. The summed E-state index contributed by atoms with van der Waals surface area (Å²) < 4.78 is 1.12. The average Bonchev–Trinajstić information content (AvgIpc) is 2.36. The highest BCUT2D eigenvalue weighted by atomic mass is 79.9. The van der Waals surface area contributed by atoms with E-state index in [1.165, 1.54) is 11.1 Å². The first-order valence-corrected chi connectivity index (χ1v) is 7.47. The van der Waals surface area contributed by atoms with Crippen molar-refractivity contribution in [3.05, 3.63) is 61.5 Å². The van der Waals surface area contributed by atoms with E-state index < -0.39 is 0 Å². The fraction of sp³-hybridized carbons (Fsp3) is 0.200. The van der Waals surface area contributed by atoms with Crippen LogP contribution >= 0.6 is 39.1 Å². The van der Waals surface area contributed by atoms with Gasteiger partial charge in [-0.15, -0.1) is 0 Å². The first-order valence-electron chi connectivity index (χ1n) is 5.92. The molecule has 1 nitrogen and oxygen atoms in total. The van der Waals surface area contributed by atoms with E-state index in [1.807, 2.05) is 19.1 Å². The van der Waals surface area contributed by atoms with E-state index in [2.05, 4.69) is 46.4 Å². The van der Waals surface area contributed by atoms with Gasteiger partial charge >= 0.3 is 0 Å². The zero-order valence-electron chi connectivity index (χ0n) is 10.7. The summed E-state index contributed by atoms with van der Waals surface area (Å²) in [5, 5.41) is 4.72. The monoisotopic (exact) mass is 357 g/mol. The van der Waals surface area contributed by atoms with Crippen molar-refractivity contribution in [2.45, 2.75) is 20.4 Å². The van der Waals surface area contributed by atoms with Gasteiger partial charge in [0.25, 0.3) is 0 Å². The summed E-state index contributed by atoms with van der Waals surface area (Å²) in [5.74, 6) is 0. The minimum absolute atomic E-state index is 0.690. The molecule has 0 radical (unpaired) electrons. The molecule has 0 amide bonds. The van der Waals surface area contributed by atoms with Crippen LogP contribution in [-0.2, 0) is 6.54 Å². The number of hydrogen-bond acceptors (Lipinski definition) is 1. The van der Waals surface area contributed by atoms with Crippen LogP contribution in [0.5, 0.6) is 0 Å². The summed E-state index contributed by atoms with van der Waals surface area (Å²) >= 11 is 15.8. The lowest BCUT2D eigenvalue weighted by Gasteiger charge is -2.11. The van der Waals surface area contributed by atoms with E-state index in [-0.39, 0.29) is 0 Å². The highest BCUT2D eigenvalue weighted by molar-refractivity contribution is 9.10. The molecule has 2 aromatic carbocycles. The molecule has 0 aliphatic carbocycles. The summed E-state index contributed by atoms with van der Waals surface area (Å²) in [6.45, 7) is 4.73. The number of rotatable bonds is 3. The molecule has 0 unspecified atom stereocenters. The van der Waals surface area contributed by atoms with Gasteiger partial charge in [0.1, 0.15) is 0 Å². The lowest BCUT2D eigenvalue weighted by atomic mass is 10.1. The van der Waals surface area contributed by atoms with E-state index in [0.29, 0.717) is 11.6 Å². The van der Waals surface area contributed by atoms with Crippen molar-refractivity contribution in [3.63, 3.8) is 0 Å². The van der Waals surface area contributed by atoms with Gasteiger partial charge in [-0.2, -0.15) is 0 Å². The molecule has 0 aliphatic heterocycles. The second kappa shape index (κ2) is 6.17. The predicted octanol–water partition coefficient (Wildman–Crippen LogP) is 5.98. The Bertz CT molecular complexity index is 611. The van der Waals surface area contributed by atoms with Crippen LogP contribution in [0.1, 0.15) is 16.7 Å². The summed E-state index contributed by atoms with van der Waals surface area (Å²) in [6.07, 6.45) is 0. The molecule has 0 bridgehead atoms. The van der Waals surface area contributed by atoms with Crippen molar-refractivity contribution in [2.75, 3.05) is 5.32 Å². The maximum atomic E-state index is 6.20. The number of anilines is 1. The highest BCUT2D eigenvalue weighted by Gasteiger charge is 2.05. The molecule has 0 spiro atoms. The summed E-state index contributed by atoms with van der Waals surface area (Å²) in [7, 11) is 0. The minimum atomic E-state index is 0.690. The number of halogens is 3. The van der Waals surface area contributed by atoms with Crippen molar-refractivity contribution < 1.29 is 0 Å². The van der Waals surface area contributed by atoms with E-state index in [4.69, 9.17) is 23.2 Å². The summed E-state index contributed by atoms with van der Waals surface area (Å²) in [4.78, 5) is 0. The quantitative estimate of drug-likeness (QED) is 0.710. The normalized spacial score (nSPS) is 10.6. The largest absolute Gasteiger partial charge is 0.380 e. The van der Waals surface area contributed by atoms with Gasteiger partial charge in [0.2, 0.25) is 0 Å². The molecule has 100 valence electrons. The molecule has 0 heterocycles. The van der Waals surface area contributed by atoms with Crippen molar-refractivity contribution in [3.8, 4) is 0 Å². The van der Waals surface area contributed by atoms with Gasteiger partial charge in [-0.05, 0) is 48.7 Å². The first kappa shape index (κ1) is 14.7. The fourth-order valence-electron chi connectivity index (χ4n) is 1.80. The molecule has 0 saturated heterocycles. The van der Waals surface area contributed by atoms with Crippen molar-refractivity contribution in [1.82, 2.24) is 0 Å². The summed E-state index contributed by atoms with van der Waals surface area (Å²) in [5.41, 5.74) is 4.26. The van der Waals surface area contributed by atoms with Crippen LogP contribution in [0.15, 0.2) is 34.8 Å². The minimum Gasteiger partial charge on any atom is -0.380 e. The van der Waals surface area contributed by atoms with Gasteiger partial charge < -0.3 is 5.32 Å². The van der Waals surface area contributed by atoms with E-state index in [9.17, 15) is 0 Å². The van der Waals surface area contributed by atoms with E-state index in [1.54, 1.807) is 0 Å². The van der Waals surface area contributed by atoms with Crippen LogP contribution in [0, 0.1) is 13.8 Å². The maximum absolute atomic E-state index is 6.20. The molecular formula is C15H14BrCl2N. The predicted molar refractivity (Wildman–Crippen MR) is 87.4 cm³/mol. The SMILES string of the molecule is Cc1cc(Cl)c(NCc2ccc(Br)c(C)c2)cc1Cl. The third kappa shape index (κ3) is 3.65. The number of benzene rings is 2. The zero-order valence-corrected chi connectivity index (χ0v) is 13.8. The van der Waals surface area contributed by atoms with Gasteiger partial charge in [-0.25, -0.2) is 0 Å². The fourth-order valence-corrected chi connectivity index (χ4v) is 2.49. The van der Waals surface area contributed by atoms with Gasteiger partial charge in [0, 0.05) is 16.0 Å². The standard InChI is InChI=1S/C15H14BrCl2N/c1-9-5-11(3-4-12(9)16)8-19-15-7-13(17)10(2)6-14(15)18/h3-7,19H,8H2,1-2H3. The van der Waals surface area contributed by atoms with Crippen LogP contribution < -0.4 is 5.32 Å². The second-order valence-electron chi connectivity index (χ2n) is 4.52. The third-order valence-electron chi connectivity index (χ3n) is 2.95. The maximum Gasteiger partial charge on any atom is 0.0641 e. The number of hydrogen-bond donors (Lipinski definition) is 1. The summed E-state index contributed by atoms with van der Waals surface area (Å²) in [6, 6.07) is 10.0. The average molecular weight is 359 g/mol. The van der Waals surface area contributed by atoms with Gasteiger partial charge in [-0.1, -0.05) is 51.3 Å². The van der Waals surface area contributed by atoms with Crippen LogP contribution in [0.25, 0.3) is 0 Å². The van der Waals surface area contributed by atoms with Crippen molar-refractivity contribution in [2.24, 2.45) is 0 Å². The van der Waals surface area contributed by atoms with E-state index in [0.717, 1.165) is 20.7 Å². The van der Waals surface area contributed by atoms with Crippen LogP contribution in [0.4, 0.5) is 5.69 Å². The van der Waals surface area contributed by atoms with E-state index >= 15 is 0 Å². The molecule has 0 atom stereocenters. The molecule has 2 aromatic rings. The molecule has 0 saturated carbocycles. The highest BCUT2D eigenvalue weighted by Crippen LogP contribution is 2.29. The van der Waals surface area contributed by atoms with Crippen LogP contribution in [0.3, 0.4) is 0 Å². The van der Waals surface area contributed by atoms with Crippen molar-refractivity contribution in [1.29, 1.82) is 0 Å². The Morgan fingerprint density at radius 2 is 1.74 bits per heavy atom. The Kier molecular flexibility index (Phi) is 4.77. The molecule has 1 N–H and O–H groups in total. The lowest BCUT2D eigenvalue weighted by Crippen LogP contribution is -2.00. The molecule has 2 rings (SSSR count). The van der Waals surface area contributed by atoms with Crippen LogP contribution in [-0.4, -0.2) is 0 Å². The molecule has 0 aromatic heterocycles. The smallest absolute Gasteiger partial charge is 0.0641 e. The topological polar surface area (TPSA) is 12.0 Å². The van der Waals surface area contributed by atoms with Gasteiger partial charge in [0.05, 0.1) is 10.7 Å². The Hall–Kier alpha value is -0.700. The third-order valence-corrected chi connectivity index (χ3v) is 4.56. The molecule has 19 heavy (non-hydrogen) atoms. The van der Waals surface area contributed by atoms with Gasteiger partial charge in [-0.3, -0.25) is 0 Å².